The molecule has 0 aromatic carbocycles. The number of ether oxygens (including phenoxy) is 2. The van der Waals surface area contributed by atoms with Gasteiger partial charge in [-0.15, -0.1) is 0 Å². The van der Waals surface area contributed by atoms with Gasteiger partial charge in [0, 0.05) is 24.5 Å². The van der Waals surface area contributed by atoms with Gasteiger partial charge in [-0.05, 0) is 53.5 Å². The summed E-state index contributed by atoms with van der Waals surface area (Å²) in [6.07, 6.45) is 0.691. The first-order chi connectivity index (χ1) is 12.8. The first-order valence-corrected chi connectivity index (χ1v) is 13.0. The van der Waals surface area contributed by atoms with Gasteiger partial charge >= 0.3 is 12.8 Å². The second-order valence-corrected chi connectivity index (χ2v) is 13.1. The minimum absolute atomic E-state index is 0.0642. The topological polar surface area (TPSA) is 74.3 Å². The summed E-state index contributed by atoms with van der Waals surface area (Å²) in [5, 5.41) is 0. The van der Waals surface area contributed by atoms with Gasteiger partial charge in [0.2, 0.25) is 0 Å². The summed E-state index contributed by atoms with van der Waals surface area (Å²) >= 11 is 0.924. The van der Waals surface area contributed by atoms with E-state index in [0.717, 1.165) is 44.2 Å². The molecular formula is C19H38NO6PS. The molecule has 0 amide bonds. The molecule has 1 heterocycles. The molecule has 0 radical (unpaired) electrons. The van der Waals surface area contributed by atoms with Gasteiger partial charge in [-0.3, -0.25) is 14.2 Å². The fourth-order valence-electron chi connectivity index (χ4n) is 2.37. The Morgan fingerprint density at radius 1 is 1.18 bits per heavy atom. The van der Waals surface area contributed by atoms with Crippen molar-refractivity contribution in [1.82, 2.24) is 4.90 Å². The quantitative estimate of drug-likeness (QED) is 0.263. The summed E-state index contributed by atoms with van der Waals surface area (Å²) in [5.74, 6) is -0.149. The zero-order valence-electron chi connectivity index (χ0n) is 18.5. The number of carbonyl (C=O) groups excluding carboxylic acids is 1. The molecule has 0 N–H and O–H groups in total. The first-order valence-electron chi connectivity index (χ1n) is 9.90. The highest BCUT2D eigenvalue weighted by Gasteiger charge is 2.34. The molecule has 1 aliphatic rings. The molecule has 9 heteroatoms. The molecule has 0 saturated carbocycles. The van der Waals surface area contributed by atoms with Crippen LogP contribution in [0.5, 0.6) is 0 Å². The number of rotatable bonds is 11. The summed E-state index contributed by atoms with van der Waals surface area (Å²) < 4.78 is 35.0. The Bertz CT molecular complexity index is 529. The van der Waals surface area contributed by atoms with E-state index in [0.29, 0.717) is 13.0 Å². The fraction of sp³-hybridized carbons (Fsp3) is 0.947. The SMILES string of the molecule is CC(C)COP(=O)(OC(C)(C)C)SCOC(=O)C(C)(C)CCN1CCOCC1. The van der Waals surface area contributed by atoms with Crippen LogP contribution in [0.25, 0.3) is 0 Å². The van der Waals surface area contributed by atoms with E-state index in [-0.39, 0.29) is 17.8 Å². The molecular weight excluding hydrogens is 401 g/mol. The van der Waals surface area contributed by atoms with E-state index in [1.54, 1.807) is 0 Å². The lowest BCUT2D eigenvalue weighted by Gasteiger charge is -2.30. The predicted molar refractivity (Wildman–Crippen MR) is 113 cm³/mol. The van der Waals surface area contributed by atoms with Crippen molar-refractivity contribution in [3.63, 3.8) is 0 Å². The number of nitrogens with zero attached hydrogens (tertiary/aromatic N) is 1. The van der Waals surface area contributed by atoms with Gasteiger partial charge in [0.25, 0.3) is 0 Å². The van der Waals surface area contributed by atoms with E-state index in [1.807, 2.05) is 48.5 Å². The molecule has 0 spiro atoms. The van der Waals surface area contributed by atoms with Gasteiger partial charge in [-0.25, -0.2) is 4.57 Å². The highest BCUT2D eigenvalue weighted by molar-refractivity contribution is 8.55. The Morgan fingerprint density at radius 2 is 1.79 bits per heavy atom. The number of morpholine rings is 1. The minimum atomic E-state index is -3.42. The van der Waals surface area contributed by atoms with E-state index in [9.17, 15) is 9.36 Å². The molecule has 0 aliphatic carbocycles. The van der Waals surface area contributed by atoms with Crippen molar-refractivity contribution in [1.29, 1.82) is 0 Å². The summed E-state index contributed by atoms with van der Waals surface area (Å²) in [6.45, 7) is 14.1. The van der Waals surface area contributed by atoms with Gasteiger partial charge in [0.15, 0.2) is 0 Å². The largest absolute Gasteiger partial charge is 0.454 e. The van der Waals surface area contributed by atoms with Gasteiger partial charge in [0.05, 0.1) is 30.8 Å². The van der Waals surface area contributed by atoms with E-state index in [2.05, 4.69) is 4.90 Å². The highest BCUT2D eigenvalue weighted by Crippen LogP contribution is 2.63. The van der Waals surface area contributed by atoms with Crippen molar-refractivity contribution in [2.45, 2.75) is 60.5 Å². The summed E-state index contributed by atoms with van der Waals surface area (Å²) in [6, 6.07) is 0. The lowest BCUT2D eigenvalue weighted by atomic mass is 9.89. The monoisotopic (exact) mass is 439 g/mol. The van der Waals surface area contributed by atoms with E-state index in [4.69, 9.17) is 18.5 Å². The second-order valence-electron chi connectivity index (χ2n) is 9.11. The third-order valence-corrected chi connectivity index (χ3v) is 7.64. The Labute approximate surface area is 174 Å². The molecule has 1 fully saturated rings. The molecule has 28 heavy (non-hydrogen) atoms. The zero-order valence-corrected chi connectivity index (χ0v) is 20.2. The molecule has 1 rings (SSSR count). The van der Waals surface area contributed by atoms with Gasteiger partial charge in [-0.1, -0.05) is 13.8 Å². The second kappa shape index (κ2) is 11.3. The van der Waals surface area contributed by atoms with Gasteiger partial charge in [-0.2, -0.15) is 0 Å². The predicted octanol–water partition coefficient (Wildman–Crippen LogP) is 4.56. The van der Waals surface area contributed by atoms with E-state index < -0.39 is 17.8 Å². The minimum Gasteiger partial charge on any atom is -0.454 e. The van der Waals surface area contributed by atoms with Crippen LogP contribution in [0.3, 0.4) is 0 Å². The Balaban J connectivity index is 2.51. The molecule has 7 nitrogen and oxygen atoms in total. The van der Waals surface area contributed by atoms with Crippen molar-refractivity contribution in [3.8, 4) is 0 Å². The average molecular weight is 440 g/mol. The van der Waals surface area contributed by atoms with Crippen LogP contribution in [-0.2, 0) is 27.9 Å². The number of carbonyl (C=O) groups is 1. The Morgan fingerprint density at radius 3 is 2.32 bits per heavy atom. The lowest BCUT2D eigenvalue weighted by Crippen LogP contribution is -2.39. The molecule has 0 bridgehead atoms. The standard InChI is InChI=1S/C19H38NO6PS/c1-16(2)14-25-27(22,26-18(3,4)5)28-15-24-17(21)19(6,7)8-9-20-10-12-23-13-11-20/h16H,8-15H2,1-7H3. The third kappa shape index (κ3) is 10.6. The molecule has 1 unspecified atom stereocenters. The normalized spacial score (nSPS) is 18.9. The van der Waals surface area contributed by atoms with Gasteiger partial charge in [0.1, 0.15) is 5.94 Å². The van der Waals surface area contributed by atoms with Crippen LogP contribution in [0.15, 0.2) is 0 Å². The third-order valence-electron chi connectivity index (χ3n) is 4.06. The first kappa shape index (κ1) is 25.9. The molecule has 1 saturated heterocycles. The van der Waals surface area contributed by atoms with Crippen molar-refractivity contribution in [2.24, 2.45) is 11.3 Å². The van der Waals surface area contributed by atoms with Gasteiger partial charge < -0.3 is 14.0 Å². The van der Waals surface area contributed by atoms with Crippen molar-refractivity contribution in [2.75, 3.05) is 45.4 Å². The maximum Gasteiger partial charge on any atom is 0.392 e. The zero-order chi connectivity index (χ0) is 21.4. The van der Waals surface area contributed by atoms with Crippen LogP contribution in [0.4, 0.5) is 0 Å². The highest BCUT2D eigenvalue weighted by atomic mass is 32.7. The maximum atomic E-state index is 13.0. The van der Waals surface area contributed by atoms with Crippen LogP contribution < -0.4 is 0 Å². The summed E-state index contributed by atoms with van der Waals surface area (Å²) in [5.41, 5.74) is -1.24. The smallest absolute Gasteiger partial charge is 0.392 e. The van der Waals surface area contributed by atoms with E-state index >= 15 is 0 Å². The lowest BCUT2D eigenvalue weighted by molar-refractivity contribution is -0.152. The molecule has 1 aliphatic heterocycles. The summed E-state index contributed by atoms with van der Waals surface area (Å²) in [4.78, 5) is 14.8. The van der Waals surface area contributed by atoms with Crippen molar-refractivity contribution < 1.29 is 27.9 Å². The van der Waals surface area contributed by atoms with Crippen LogP contribution in [0.1, 0.15) is 54.9 Å². The summed E-state index contributed by atoms with van der Waals surface area (Å²) in [7, 11) is 0. The number of esters is 1. The maximum absolute atomic E-state index is 13.0. The number of hydrogen-bond acceptors (Lipinski definition) is 8. The van der Waals surface area contributed by atoms with Crippen LogP contribution >= 0.6 is 18.2 Å². The fourth-order valence-corrected chi connectivity index (χ4v) is 5.77. The molecule has 0 aromatic rings. The molecule has 1 atom stereocenters. The Hall–Kier alpha value is -0.110. The van der Waals surface area contributed by atoms with E-state index in [1.165, 1.54) is 0 Å². The van der Waals surface area contributed by atoms with Crippen molar-refractivity contribution in [3.05, 3.63) is 0 Å². The molecule has 166 valence electrons. The van der Waals surface area contributed by atoms with Crippen LogP contribution in [0.2, 0.25) is 0 Å². The van der Waals surface area contributed by atoms with Crippen LogP contribution in [0, 0.1) is 11.3 Å². The Kier molecular flexibility index (Phi) is 10.5. The number of hydrogen-bond donors (Lipinski definition) is 0. The van der Waals surface area contributed by atoms with Crippen LogP contribution in [-0.4, -0.2) is 61.9 Å². The molecule has 0 aromatic heterocycles. The average Bonchev–Trinajstić information content (AvgIpc) is 2.57. The van der Waals surface area contributed by atoms with Crippen molar-refractivity contribution >= 4 is 24.1 Å².